The predicted molar refractivity (Wildman–Crippen MR) is 126 cm³/mol. The Hall–Kier alpha value is -2.56. The first-order valence-electron chi connectivity index (χ1n) is 9.60. The van der Waals surface area contributed by atoms with Gasteiger partial charge in [0.05, 0.1) is 17.3 Å². The van der Waals surface area contributed by atoms with Crippen LogP contribution in [-0.4, -0.2) is 17.0 Å². The molecule has 1 unspecified atom stereocenters. The van der Waals surface area contributed by atoms with Crippen LogP contribution in [0.1, 0.15) is 28.6 Å². The van der Waals surface area contributed by atoms with Crippen LogP contribution in [0.2, 0.25) is 5.02 Å². The Kier molecular flexibility index (Phi) is 6.69. The molecule has 6 heteroatoms. The van der Waals surface area contributed by atoms with E-state index in [0.717, 1.165) is 34.6 Å². The van der Waals surface area contributed by atoms with Crippen LogP contribution in [0.25, 0.3) is 10.9 Å². The summed E-state index contributed by atoms with van der Waals surface area (Å²) in [7, 11) is 2.02. The molecule has 0 fully saturated rings. The summed E-state index contributed by atoms with van der Waals surface area (Å²) in [6.45, 7) is 4.20. The molecule has 0 amide bonds. The van der Waals surface area contributed by atoms with Crippen molar-refractivity contribution < 1.29 is 4.39 Å². The van der Waals surface area contributed by atoms with E-state index in [4.69, 9.17) is 16.6 Å². The van der Waals surface area contributed by atoms with Gasteiger partial charge in [-0.3, -0.25) is 4.98 Å². The minimum absolute atomic E-state index is 0. The Morgan fingerprint density at radius 2 is 1.70 bits per heavy atom. The van der Waals surface area contributed by atoms with Crippen molar-refractivity contribution in [3.05, 3.63) is 94.1 Å². The van der Waals surface area contributed by atoms with Gasteiger partial charge in [0.15, 0.2) is 0 Å². The van der Waals surface area contributed by atoms with E-state index in [2.05, 4.69) is 29.8 Å². The van der Waals surface area contributed by atoms with Crippen molar-refractivity contribution in [3.8, 4) is 0 Å². The smallest absolute Gasteiger partial charge is 0.123 e. The maximum atomic E-state index is 13.5. The number of rotatable bonds is 5. The highest BCUT2D eigenvalue weighted by Crippen LogP contribution is 2.33. The molecule has 0 aliphatic heterocycles. The maximum absolute atomic E-state index is 13.5. The minimum Gasteiger partial charge on any atom is -0.366 e. The summed E-state index contributed by atoms with van der Waals surface area (Å²) in [4.78, 5) is 10.4. The van der Waals surface area contributed by atoms with E-state index in [1.54, 1.807) is 12.1 Å². The van der Waals surface area contributed by atoms with E-state index in [0.29, 0.717) is 5.02 Å². The molecule has 0 spiro atoms. The summed E-state index contributed by atoms with van der Waals surface area (Å²) in [5.41, 5.74) is 6.49. The number of anilines is 1. The highest BCUT2D eigenvalue weighted by Gasteiger charge is 2.23. The average Bonchev–Trinajstić information content (AvgIpc) is 3.02. The number of aromatic nitrogens is 2. The Labute approximate surface area is 187 Å². The topological polar surface area (TPSA) is 31.9 Å². The van der Waals surface area contributed by atoms with Gasteiger partial charge in [-0.1, -0.05) is 23.7 Å². The van der Waals surface area contributed by atoms with Gasteiger partial charge in [0.1, 0.15) is 5.82 Å². The second-order valence-electron chi connectivity index (χ2n) is 7.43. The van der Waals surface area contributed by atoms with Crippen LogP contribution in [0.5, 0.6) is 0 Å². The van der Waals surface area contributed by atoms with Gasteiger partial charge >= 0.3 is 0 Å². The molecule has 2 heterocycles. The van der Waals surface area contributed by atoms with Gasteiger partial charge in [-0.25, -0.2) is 4.39 Å². The number of hydrogen-bond donors (Lipinski definition) is 1. The molecule has 0 aliphatic carbocycles. The van der Waals surface area contributed by atoms with E-state index >= 15 is 0 Å². The lowest BCUT2D eigenvalue weighted by atomic mass is 9.99. The lowest BCUT2D eigenvalue weighted by Crippen LogP contribution is -2.27. The van der Waals surface area contributed by atoms with Gasteiger partial charge < -0.3 is 9.88 Å². The van der Waals surface area contributed by atoms with Gasteiger partial charge in [0, 0.05) is 35.0 Å². The van der Waals surface area contributed by atoms with Crippen LogP contribution in [0.15, 0.2) is 60.8 Å². The van der Waals surface area contributed by atoms with Crippen LogP contribution >= 0.6 is 24.0 Å². The normalized spacial score (nSPS) is 11.9. The van der Waals surface area contributed by atoms with Crippen molar-refractivity contribution in [1.82, 2.24) is 9.97 Å². The SMILES string of the molecule is Cc1[nH]c2c(C(Cc3ccc(Cl)cc3)N(C)c3ccc(F)cc3)nccc2c1C.Cl. The van der Waals surface area contributed by atoms with Crippen molar-refractivity contribution >= 4 is 40.6 Å². The first-order chi connectivity index (χ1) is 13.9. The zero-order valence-electron chi connectivity index (χ0n) is 17.1. The summed E-state index contributed by atoms with van der Waals surface area (Å²) < 4.78 is 13.5. The predicted octanol–water partition coefficient (Wildman–Crippen LogP) is 6.81. The average molecular weight is 444 g/mol. The minimum atomic E-state index is -0.243. The molecule has 156 valence electrons. The van der Waals surface area contributed by atoms with Gasteiger partial charge in [0.25, 0.3) is 0 Å². The fourth-order valence-electron chi connectivity index (χ4n) is 3.77. The zero-order valence-corrected chi connectivity index (χ0v) is 18.7. The first-order valence-corrected chi connectivity index (χ1v) is 9.98. The molecular weight excluding hydrogens is 420 g/mol. The number of pyridine rings is 1. The quantitative estimate of drug-likeness (QED) is 0.367. The zero-order chi connectivity index (χ0) is 20.5. The largest absolute Gasteiger partial charge is 0.366 e. The van der Waals surface area contributed by atoms with Crippen molar-refractivity contribution in [1.29, 1.82) is 0 Å². The van der Waals surface area contributed by atoms with E-state index < -0.39 is 0 Å². The van der Waals surface area contributed by atoms with Gasteiger partial charge in [0.2, 0.25) is 0 Å². The van der Waals surface area contributed by atoms with E-state index in [1.807, 2.05) is 37.5 Å². The lowest BCUT2D eigenvalue weighted by molar-refractivity contribution is 0.624. The maximum Gasteiger partial charge on any atom is 0.123 e. The number of likely N-dealkylation sites (N-methyl/N-ethyl adjacent to an activating group) is 1. The molecule has 4 aromatic rings. The number of aryl methyl sites for hydroxylation is 2. The van der Waals surface area contributed by atoms with Crippen LogP contribution in [0, 0.1) is 19.7 Å². The molecule has 0 radical (unpaired) electrons. The number of halogens is 3. The molecule has 2 aromatic carbocycles. The number of nitrogens with zero attached hydrogens (tertiary/aromatic N) is 2. The summed E-state index contributed by atoms with van der Waals surface area (Å²) in [5, 5.41) is 1.90. The summed E-state index contributed by atoms with van der Waals surface area (Å²) >= 11 is 6.07. The van der Waals surface area contributed by atoms with Crippen LogP contribution in [-0.2, 0) is 6.42 Å². The lowest BCUT2D eigenvalue weighted by Gasteiger charge is -2.30. The number of nitrogens with one attached hydrogen (secondary N) is 1. The summed E-state index contributed by atoms with van der Waals surface area (Å²) in [5.74, 6) is -0.243. The van der Waals surface area contributed by atoms with Gasteiger partial charge in [-0.2, -0.15) is 0 Å². The highest BCUT2D eigenvalue weighted by molar-refractivity contribution is 6.30. The third-order valence-corrected chi connectivity index (χ3v) is 5.87. The van der Waals surface area contributed by atoms with Crippen LogP contribution < -0.4 is 4.90 Å². The molecular formula is C24H24Cl2FN3. The number of hydrogen-bond acceptors (Lipinski definition) is 2. The second kappa shape index (κ2) is 9.07. The summed E-state index contributed by atoms with van der Waals surface area (Å²) in [6, 6.07) is 16.5. The Morgan fingerprint density at radius 1 is 1.03 bits per heavy atom. The molecule has 1 atom stereocenters. The van der Waals surface area contributed by atoms with Crippen molar-refractivity contribution in [3.63, 3.8) is 0 Å². The first kappa shape index (κ1) is 22.1. The molecule has 30 heavy (non-hydrogen) atoms. The standard InChI is InChI=1S/C24H23ClFN3.ClH/c1-15-16(2)28-23-21(15)12-13-27-24(23)22(14-17-4-6-18(25)7-5-17)29(3)20-10-8-19(26)9-11-20;/h4-13,22,28H,14H2,1-3H3;1H. The second-order valence-corrected chi connectivity index (χ2v) is 7.86. The Balaban J connectivity index is 0.00000256. The van der Waals surface area contributed by atoms with Crippen LogP contribution in [0.3, 0.4) is 0 Å². The molecule has 3 nitrogen and oxygen atoms in total. The molecule has 0 saturated carbocycles. The highest BCUT2D eigenvalue weighted by atomic mass is 35.5. The summed E-state index contributed by atoms with van der Waals surface area (Å²) in [6.07, 6.45) is 2.61. The Morgan fingerprint density at radius 3 is 2.37 bits per heavy atom. The van der Waals surface area contributed by atoms with Crippen molar-refractivity contribution in [2.24, 2.45) is 0 Å². The van der Waals surface area contributed by atoms with E-state index in [-0.39, 0.29) is 24.3 Å². The third kappa shape index (κ3) is 4.30. The van der Waals surface area contributed by atoms with Gasteiger partial charge in [-0.05, 0) is 73.9 Å². The van der Waals surface area contributed by atoms with Crippen molar-refractivity contribution in [2.75, 3.05) is 11.9 Å². The van der Waals surface area contributed by atoms with E-state index in [1.165, 1.54) is 23.1 Å². The third-order valence-electron chi connectivity index (χ3n) is 5.62. The van der Waals surface area contributed by atoms with E-state index in [9.17, 15) is 4.39 Å². The van der Waals surface area contributed by atoms with Gasteiger partial charge in [-0.15, -0.1) is 12.4 Å². The number of aromatic amines is 1. The molecule has 0 aliphatic rings. The molecule has 0 bridgehead atoms. The number of benzene rings is 2. The molecule has 4 rings (SSSR count). The fraction of sp³-hybridized carbons (Fsp3) is 0.208. The monoisotopic (exact) mass is 443 g/mol. The number of fused-ring (bicyclic) bond motifs is 1. The van der Waals surface area contributed by atoms with Crippen molar-refractivity contribution in [2.45, 2.75) is 26.3 Å². The Bertz CT molecular complexity index is 1140. The molecule has 0 saturated heterocycles. The number of H-pyrrole nitrogens is 1. The van der Waals surface area contributed by atoms with Crippen LogP contribution in [0.4, 0.5) is 10.1 Å². The molecule has 2 aromatic heterocycles. The molecule has 1 N–H and O–H groups in total. The fourth-order valence-corrected chi connectivity index (χ4v) is 3.90.